The van der Waals surface area contributed by atoms with E-state index in [-0.39, 0.29) is 18.9 Å². The number of aromatic nitrogens is 2. The lowest BCUT2D eigenvalue weighted by Crippen LogP contribution is -2.28. The molecule has 1 aromatic carbocycles. The van der Waals surface area contributed by atoms with Gasteiger partial charge in [-0.15, -0.1) is 0 Å². The zero-order valence-electron chi connectivity index (χ0n) is 14.7. The Labute approximate surface area is 163 Å². The summed E-state index contributed by atoms with van der Waals surface area (Å²) in [6.45, 7) is 0.112. The summed E-state index contributed by atoms with van der Waals surface area (Å²) in [7, 11) is 0. The molecule has 2 aromatic heterocycles. The molecular formula is C18H16N4O5S. The number of fused-ring (bicyclic) bond motifs is 1. The SMILES string of the molecule is O=C(COC(=O)C1CC(=O)N(Cc2ccco2)C1)Nc1cccc2nsnc12. The van der Waals surface area contributed by atoms with E-state index in [4.69, 9.17) is 9.15 Å². The number of furan rings is 1. The third-order valence-corrected chi connectivity index (χ3v) is 4.92. The quantitative estimate of drug-likeness (QED) is 0.628. The molecule has 1 N–H and O–H groups in total. The van der Waals surface area contributed by atoms with Crippen molar-refractivity contribution in [1.29, 1.82) is 0 Å². The van der Waals surface area contributed by atoms with E-state index in [0.29, 0.717) is 29.0 Å². The van der Waals surface area contributed by atoms with Gasteiger partial charge in [0.1, 0.15) is 16.8 Å². The minimum atomic E-state index is -0.596. The van der Waals surface area contributed by atoms with Crippen molar-refractivity contribution in [2.45, 2.75) is 13.0 Å². The van der Waals surface area contributed by atoms with E-state index in [1.807, 2.05) is 0 Å². The summed E-state index contributed by atoms with van der Waals surface area (Å²) >= 11 is 1.05. The lowest BCUT2D eigenvalue weighted by Gasteiger charge is -2.14. The van der Waals surface area contributed by atoms with Crippen LogP contribution in [0, 0.1) is 5.92 Å². The van der Waals surface area contributed by atoms with Gasteiger partial charge in [-0.2, -0.15) is 8.75 Å². The Kier molecular flexibility index (Phi) is 5.02. The molecular weight excluding hydrogens is 384 g/mol. The molecule has 144 valence electrons. The van der Waals surface area contributed by atoms with Gasteiger partial charge in [-0.25, -0.2) is 0 Å². The fourth-order valence-electron chi connectivity index (χ4n) is 3.02. The Morgan fingerprint density at radius 3 is 3.00 bits per heavy atom. The molecule has 0 saturated carbocycles. The number of carbonyl (C=O) groups is 3. The molecule has 1 aliphatic heterocycles. The highest BCUT2D eigenvalue weighted by Crippen LogP contribution is 2.22. The number of ether oxygens (including phenoxy) is 1. The molecule has 1 saturated heterocycles. The van der Waals surface area contributed by atoms with Gasteiger partial charge in [-0.1, -0.05) is 6.07 Å². The van der Waals surface area contributed by atoms with Gasteiger partial charge < -0.3 is 19.4 Å². The number of benzene rings is 1. The van der Waals surface area contributed by atoms with Crippen LogP contribution >= 0.6 is 11.7 Å². The fourth-order valence-corrected chi connectivity index (χ4v) is 3.57. The molecule has 1 atom stereocenters. The van der Waals surface area contributed by atoms with E-state index >= 15 is 0 Å². The average Bonchev–Trinajstić information content (AvgIpc) is 3.42. The molecule has 0 bridgehead atoms. The van der Waals surface area contributed by atoms with E-state index in [9.17, 15) is 14.4 Å². The summed E-state index contributed by atoms with van der Waals surface area (Å²) in [5.74, 6) is -1.15. The van der Waals surface area contributed by atoms with Crippen molar-refractivity contribution in [3.63, 3.8) is 0 Å². The fraction of sp³-hybridized carbons (Fsp3) is 0.278. The van der Waals surface area contributed by atoms with Gasteiger partial charge in [0.2, 0.25) is 5.91 Å². The Hall–Kier alpha value is -3.27. The highest BCUT2D eigenvalue weighted by Gasteiger charge is 2.35. The van der Waals surface area contributed by atoms with Crippen LogP contribution in [0.5, 0.6) is 0 Å². The van der Waals surface area contributed by atoms with Crippen molar-refractivity contribution in [3.05, 3.63) is 42.4 Å². The maximum atomic E-state index is 12.2. The van der Waals surface area contributed by atoms with Crippen molar-refractivity contribution in [2.75, 3.05) is 18.5 Å². The van der Waals surface area contributed by atoms with E-state index in [1.54, 1.807) is 35.2 Å². The molecule has 0 aliphatic carbocycles. The summed E-state index contributed by atoms with van der Waals surface area (Å²) in [6.07, 6.45) is 1.59. The predicted octanol–water partition coefficient (Wildman–Crippen LogP) is 1.81. The van der Waals surface area contributed by atoms with Gasteiger partial charge in [0, 0.05) is 13.0 Å². The molecule has 1 fully saturated rings. The second-order valence-corrected chi connectivity index (χ2v) is 6.88. The van der Waals surface area contributed by atoms with Crippen LogP contribution in [0.15, 0.2) is 41.0 Å². The molecule has 10 heteroatoms. The first kappa shape index (κ1) is 18.1. The minimum absolute atomic E-state index is 0.0605. The predicted molar refractivity (Wildman–Crippen MR) is 99.2 cm³/mol. The van der Waals surface area contributed by atoms with E-state index < -0.39 is 24.4 Å². The lowest BCUT2D eigenvalue weighted by molar-refractivity contribution is -0.151. The number of hydrogen-bond acceptors (Lipinski definition) is 8. The number of rotatable bonds is 6. The van der Waals surface area contributed by atoms with Crippen molar-refractivity contribution >= 4 is 46.2 Å². The van der Waals surface area contributed by atoms with Gasteiger partial charge in [-0.05, 0) is 24.3 Å². The highest BCUT2D eigenvalue weighted by atomic mass is 32.1. The van der Waals surface area contributed by atoms with Crippen molar-refractivity contribution in [1.82, 2.24) is 13.6 Å². The Balaban J connectivity index is 1.29. The summed E-state index contributed by atoms with van der Waals surface area (Å²) in [5.41, 5.74) is 1.77. The smallest absolute Gasteiger partial charge is 0.311 e. The van der Waals surface area contributed by atoms with Crippen molar-refractivity contribution in [2.24, 2.45) is 5.92 Å². The normalized spacial score (nSPS) is 16.5. The van der Waals surface area contributed by atoms with Crippen LogP contribution in [-0.4, -0.2) is 44.6 Å². The maximum absolute atomic E-state index is 12.2. The molecule has 1 unspecified atom stereocenters. The molecule has 4 rings (SSSR count). The first-order chi connectivity index (χ1) is 13.6. The number of nitrogens with one attached hydrogen (secondary N) is 1. The third-order valence-electron chi connectivity index (χ3n) is 4.38. The Morgan fingerprint density at radius 1 is 1.29 bits per heavy atom. The minimum Gasteiger partial charge on any atom is -0.467 e. The van der Waals surface area contributed by atoms with Gasteiger partial charge in [0.15, 0.2) is 6.61 Å². The maximum Gasteiger partial charge on any atom is 0.311 e. The van der Waals surface area contributed by atoms with Gasteiger partial charge in [0.25, 0.3) is 5.91 Å². The van der Waals surface area contributed by atoms with Crippen LogP contribution in [0.25, 0.3) is 11.0 Å². The number of amides is 2. The topological polar surface area (TPSA) is 115 Å². The molecule has 3 heterocycles. The van der Waals surface area contributed by atoms with Gasteiger partial charge >= 0.3 is 5.97 Å². The molecule has 0 radical (unpaired) electrons. The number of esters is 1. The van der Waals surface area contributed by atoms with Crippen LogP contribution in [0.2, 0.25) is 0 Å². The number of nitrogens with zero attached hydrogens (tertiary/aromatic N) is 3. The second-order valence-electron chi connectivity index (χ2n) is 6.35. The summed E-state index contributed by atoms with van der Waals surface area (Å²) in [5, 5.41) is 2.66. The van der Waals surface area contributed by atoms with E-state index in [1.165, 1.54) is 6.26 Å². The molecule has 9 nitrogen and oxygen atoms in total. The number of anilines is 1. The largest absolute Gasteiger partial charge is 0.467 e. The average molecular weight is 400 g/mol. The first-order valence-corrected chi connectivity index (χ1v) is 9.31. The number of hydrogen-bond donors (Lipinski definition) is 1. The van der Waals surface area contributed by atoms with Crippen LogP contribution in [0.4, 0.5) is 5.69 Å². The summed E-state index contributed by atoms with van der Waals surface area (Å²) in [6, 6.07) is 8.75. The van der Waals surface area contributed by atoms with Crippen LogP contribution < -0.4 is 5.32 Å². The van der Waals surface area contributed by atoms with Gasteiger partial charge in [0.05, 0.1) is 36.1 Å². The summed E-state index contributed by atoms with van der Waals surface area (Å²) < 4.78 is 18.6. The lowest BCUT2D eigenvalue weighted by atomic mass is 10.1. The Bertz CT molecular complexity index is 1020. The Morgan fingerprint density at radius 2 is 2.18 bits per heavy atom. The standard InChI is InChI=1S/C18H16N4O5S/c23-15(19-13-4-1-5-14-17(13)21-28-20-14)10-27-18(25)11-7-16(24)22(8-11)9-12-3-2-6-26-12/h1-6,11H,7-10H2,(H,19,23). The first-order valence-electron chi connectivity index (χ1n) is 8.58. The summed E-state index contributed by atoms with van der Waals surface area (Å²) in [4.78, 5) is 38.0. The number of likely N-dealkylation sites (tertiary alicyclic amines) is 1. The zero-order valence-corrected chi connectivity index (χ0v) is 15.5. The van der Waals surface area contributed by atoms with E-state index in [0.717, 1.165) is 11.7 Å². The molecule has 1 aliphatic rings. The molecule has 0 spiro atoms. The van der Waals surface area contributed by atoms with Crippen LogP contribution in [0.3, 0.4) is 0 Å². The van der Waals surface area contributed by atoms with E-state index in [2.05, 4.69) is 14.1 Å². The highest BCUT2D eigenvalue weighted by molar-refractivity contribution is 7.00. The zero-order chi connectivity index (χ0) is 19.5. The number of carbonyl (C=O) groups excluding carboxylic acids is 3. The molecule has 2 amide bonds. The molecule has 3 aromatic rings. The third kappa shape index (κ3) is 3.86. The molecule has 28 heavy (non-hydrogen) atoms. The monoisotopic (exact) mass is 400 g/mol. The van der Waals surface area contributed by atoms with Crippen LogP contribution in [0.1, 0.15) is 12.2 Å². The van der Waals surface area contributed by atoms with Gasteiger partial charge in [-0.3, -0.25) is 14.4 Å². The second kappa shape index (κ2) is 7.77. The van der Waals surface area contributed by atoms with Crippen LogP contribution in [-0.2, 0) is 25.7 Å². The van der Waals surface area contributed by atoms with Crippen molar-refractivity contribution < 1.29 is 23.5 Å². The van der Waals surface area contributed by atoms with Crippen molar-refractivity contribution in [3.8, 4) is 0 Å².